The summed E-state index contributed by atoms with van der Waals surface area (Å²) in [6, 6.07) is 1.35. The molecule has 102 valence electrons. The molecule has 1 saturated heterocycles. The maximum absolute atomic E-state index is 4.24. The summed E-state index contributed by atoms with van der Waals surface area (Å²) in [6.45, 7) is 12.1. The third-order valence-corrected chi connectivity index (χ3v) is 4.11. The maximum atomic E-state index is 4.24. The Hall–Kier alpha value is -0.870. The first-order valence-electron chi connectivity index (χ1n) is 7.05. The molecule has 0 bridgehead atoms. The van der Waals surface area contributed by atoms with Gasteiger partial charge in [-0.05, 0) is 53.6 Å². The number of likely N-dealkylation sites (tertiary alicyclic amines) is 1. The molecule has 2 rings (SSSR count). The molecule has 18 heavy (non-hydrogen) atoms. The van der Waals surface area contributed by atoms with Crippen LogP contribution in [0.5, 0.6) is 0 Å². The average molecular weight is 250 g/mol. The minimum Gasteiger partial charge on any atom is -0.310 e. The molecule has 1 aliphatic rings. The lowest BCUT2D eigenvalue weighted by molar-refractivity contribution is 0.161. The van der Waals surface area contributed by atoms with Gasteiger partial charge in [-0.3, -0.25) is 5.10 Å². The normalized spacial score (nSPS) is 18.7. The minimum absolute atomic E-state index is 0.661. The van der Waals surface area contributed by atoms with Crippen molar-refractivity contribution in [1.82, 2.24) is 20.4 Å². The van der Waals surface area contributed by atoms with Crippen LogP contribution in [0.25, 0.3) is 0 Å². The van der Waals surface area contributed by atoms with Crippen LogP contribution >= 0.6 is 0 Å². The van der Waals surface area contributed by atoms with E-state index < -0.39 is 0 Å². The van der Waals surface area contributed by atoms with Crippen LogP contribution in [0.1, 0.15) is 43.6 Å². The molecule has 2 heterocycles. The lowest BCUT2D eigenvalue weighted by Gasteiger charge is -2.35. The Morgan fingerprint density at radius 3 is 2.50 bits per heavy atom. The molecular weight excluding hydrogens is 224 g/mol. The average Bonchev–Trinajstić information content (AvgIpc) is 2.67. The number of aromatic amines is 1. The summed E-state index contributed by atoms with van der Waals surface area (Å²) in [5.41, 5.74) is 3.65. The smallest absolute Gasteiger partial charge is 0.0638 e. The first kappa shape index (κ1) is 13.6. The van der Waals surface area contributed by atoms with Gasteiger partial charge >= 0.3 is 0 Å². The van der Waals surface area contributed by atoms with Crippen LogP contribution in [0.15, 0.2) is 0 Å². The Bertz CT molecular complexity index is 356. The molecule has 0 saturated carbocycles. The van der Waals surface area contributed by atoms with E-state index in [0.29, 0.717) is 12.1 Å². The quantitative estimate of drug-likeness (QED) is 0.859. The summed E-state index contributed by atoms with van der Waals surface area (Å²) in [4.78, 5) is 2.56. The zero-order valence-electron chi connectivity index (χ0n) is 12.1. The largest absolute Gasteiger partial charge is 0.310 e. The van der Waals surface area contributed by atoms with Crippen LogP contribution in [0, 0.1) is 13.8 Å². The van der Waals surface area contributed by atoms with Crippen molar-refractivity contribution in [3.63, 3.8) is 0 Å². The van der Waals surface area contributed by atoms with Crippen LogP contribution in [-0.2, 0) is 6.54 Å². The van der Waals surface area contributed by atoms with Crippen molar-refractivity contribution in [2.45, 2.75) is 59.2 Å². The number of piperidine rings is 1. The van der Waals surface area contributed by atoms with Gasteiger partial charge in [0, 0.05) is 29.9 Å². The van der Waals surface area contributed by atoms with Crippen molar-refractivity contribution in [3.8, 4) is 0 Å². The number of rotatable bonds is 4. The van der Waals surface area contributed by atoms with Crippen molar-refractivity contribution in [3.05, 3.63) is 17.0 Å². The molecule has 1 aliphatic heterocycles. The number of nitrogens with one attached hydrogen (secondary N) is 2. The highest BCUT2D eigenvalue weighted by Gasteiger charge is 2.20. The van der Waals surface area contributed by atoms with E-state index in [1.807, 2.05) is 0 Å². The summed E-state index contributed by atoms with van der Waals surface area (Å²) in [5, 5.41) is 11.0. The number of aryl methyl sites for hydroxylation is 2. The van der Waals surface area contributed by atoms with Crippen molar-refractivity contribution < 1.29 is 0 Å². The maximum Gasteiger partial charge on any atom is 0.0638 e. The van der Waals surface area contributed by atoms with Gasteiger partial charge in [0.25, 0.3) is 0 Å². The van der Waals surface area contributed by atoms with Gasteiger partial charge in [0.05, 0.1) is 5.69 Å². The molecule has 0 amide bonds. The van der Waals surface area contributed by atoms with E-state index in [9.17, 15) is 0 Å². The topological polar surface area (TPSA) is 44.0 Å². The first-order chi connectivity index (χ1) is 8.58. The number of hydrogen-bond donors (Lipinski definition) is 2. The van der Waals surface area contributed by atoms with Gasteiger partial charge in [0.1, 0.15) is 0 Å². The molecule has 1 aromatic rings. The zero-order valence-corrected chi connectivity index (χ0v) is 12.1. The second-order valence-corrected chi connectivity index (χ2v) is 5.70. The molecule has 0 atom stereocenters. The zero-order chi connectivity index (χ0) is 13.1. The van der Waals surface area contributed by atoms with E-state index in [1.54, 1.807) is 0 Å². The molecule has 0 unspecified atom stereocenters. The van der Waals surface area contributed by atoms with Gasteiger partial charge in [-0.2, -0.15) is 5.10 Å². The second kappa shape index (κ2) is 5.85. The van der Waals surface area contributed by atoms with Gasteiger partial charge in [0.2, 0.25) is 0 Å². The second-order valence-electron chi connectivity index (χ2n) is 5.70. The molecule has 1 aromatic heterocycles. The molecular formula is C14H26N4. The summed E-state index contributed by atoms with van der Waals surface area (Å²) in [7, 11) is 0. The number of nitrogens with zero attached hydrogens (tertiary/aromatic N) is 2. The van der Waals surface area contributed by atoms with E-state index in [1.165, 1.54) is 37.2 Å². The Labute approximate surface area is 110 Å². The monoisotopic (exact) mass is 250 g/mol. The van der Waals surface area contributed by atoms with E-state index in [4.69, 9.17) is 0 Å². The van der Waals surface area contributed by atoms with E-state index in [-0.39, 0.29) is 0 Å². The molecule has 4 nitrogen and oxygen atoms in total. The van der Waals surface area contributed by atoms with Crippen molar-refractivity contribution in [2.75, 3.05) is 13.1 Å². The lowest BCUT2D eigenvalue weighted by Crippen LogP contribution is -2.44. The molecule has 4 heteroatoms. The molecule has 0 radical (unpaired) electrons. The Balaban J connectivity index is 1.79. The highest BCUT2D eigenvalue weighted by Crippen LogP contribution is 2.15. The fourth-order valence-corrected chi connectivity index (χ4v) is 2.70. The number of H-pyrrole nitrogens is 1. The van der Waals surface area contributed by atoms with Crippen LogP contribution in [0.4, 0.5) is 0 Å². The fraction of sp³-hybridized carbons (Fsp3) is 0.786. The van der Waals surface area contributed by atoms with E-state index in [0.717, 1.165) is 12.2 Å². The van der Waals surface area contributed by atoms with Crippen LogP contribution in [0.3, 0.4) is 0 Å². The molecule has 0 aliphatic carbocycles. The third-order valence-electron chi connectivity index (χ3n) is 4.11. The van der Waals surface area contributed by atoms with Crippen molar-refractivity contribution in [1.29, 1.82) is 0 Å². The standard InChI is InChI=1S/C14H26N4/c1-10(2)18-7-5-13(6-8-18)15-9-14-11(3)16-17-12(14)4/h10,13,15H,5-9H2,1-4H3,(H,16,17). The van der Waals surface area contributed by atoms with Gasteiger partial charge in [-0.15, -0.1) is 0 Å². The Kier molecular flexibility index (Phi) is 4.40. The third kappa shape index (κ3) is 3.12. The number of hydrogen-bond acceptors (Lipinski definition) is 3. The summed E-state index contributed by atoms with van der Waals surface area (Å²) in [5.74, 6) is 0. The van der Waals surface area contributed by atoms with Crippen molar-refractivity contribution in [2.24, 2.45) is 0 Å². The van der Waals surface area contributed by atoms with Gasteiger partial charge in [0.15, 0.2) is 0 Å². The number of aromatic nitrogens is 2. The molecule has 0 aromatic carbocycles. The molecule has 2 N–H and O–H groups in total. The van der Waals surface area contributed by atoms with Crippen LogP contribution in [-0.4, -0.2) is 40.3 Å². The van der Waals surface area contributed by atoms with E-state index in [2.05, 4.69) is 48.1 Å². The summed E-state index contributed by atoms with van der Waals surface area (Å²) in [6.07, 6.45) is 2.52. The highest BCUT2D eigenvalue weighted by molar-refractivity contribution is 5.22. The van der Waals surface area contributed by atoms with Crippen LogP contribution in [0.2, 0.25) is 0 Å². The van der Waals surface area contributed by atoms with E-state index >= 15 is 0 Å². The predicted octanol–water partition coefficient (Wildman–Crippen LogP) is 1.99. The van der Waals surface area contributed by atoms with Gasteiger partial charge in [-0.25, -0.2) is 0 Å². The Morgan fingerprint density at radius 2 is 2.00 bits per heavy atom. The molecule has 1 fully saturated rings. The van der Waals surface area contributed by atoms with Crippen molar-refractivity contribution >= 4 is 0 Å². The Morgan fingerprint density at radius 1 is 1.33 bits per heavy atom. The SMILES string of the molecule is Cc1n[nH]c(C)c1CNC1CCN(C(C)C)CC1. The predicted molar refractivity (Wildman–Crippen MR) is 74.6 cm³/mol. The summed E-state index contributed by atoms with van der Waals surface area (Å²) < 4.78 is 0. The molecule has 0 spiro atoms. The van der Waals surface area contributed by atoms with Crippen LogP contribution < -0.4 is 5.32 Å². The fourth-order valence-electron chi connectivity index (χ4n) is 2.70. The first-order valence-corrected chi connectivity index (χ1v) is 7.05. The van der Waals surface area contributed by atoms with Gasteiger partial charge < -0.3 is 10.2 Å². The van der Waals surface area contributed by atoms with Gasteiger partial charge in [-0.1, -0.05) is 0 Å². The minimum atomic E-state index is 0.661. The summed E-state index contributed by atoms with van der Waals surface area (Å²) >= 11 is 0. The lowest BCUT2D eigenvalue weighted by atomic mass is 10.0. The highest BCUT2D eigenvalue weighted by atomic mass is 15.2.